The number of nitrogens with one attached hydrogen (secondary N) is 2. The second-order valence-corrected chi connectivity index (χ2v) is 9.43. The van der Waals surface area contributed by atoms with Gasteiger partial charge in [-0.3, -0.25) is 0 Å². The summed E-state index contributed by atoms with van der Waals surface area (Å²) in [6.45, 7) is 9.67. The molecule has 0 aliphatic rings. The summed E-state index contributed by atoms with van der Waals surface area (Å²) < 4.78 is 25.7. The van der Waals surface area contributed by atoms with Gasteiger partial charge in [0.15, 0.2) is 5.96 Å². The van der Waals surface area contributed by atoms with Gasteiger partial charge < -0.3 is 10.6 Å². The van der Waals surface area contributed by atoms with Crippen LogP contribution >= 0.6 is 35.3 Å². The van der Waals surface area contributed by atoms with Gasteiger partial charge in [-0.15, -0.1) is 35.3 Å². The van der Waals surface area contributed by atoms with Crippen molar-refractivity contribution in [2.24, 2.45) is 10.9 Å². The molecule has 1 heterocycles. The van der Waals surface area contributed by atoms with Crippen LogP contribution in [0.2, 0.25) is 0 Å². The van der Waals surface area contributed by atoms with E-state index in [1.54, 1.807) is 6.07 Å². The zero-order chi connectivity index (χ0) is 17.6. The minimum atomic E-state index is -3.36. The Morgan fingerprint density at radius 3 is 2.42 bits per heavy atom. The van der Waals surface area contributed by atoms with Crippen molar-refractivity contribution in [2.45, 2.75) is 44.5 Å². The Kier molecular flexibility index (Phi) is 10.4. The quantitative estimate of drug-likeness (QED) is 0.352. The fraction of sp³-hybridized carbons (Fsp3) is 0.667. The highest BCUT2D eigenvalue weighted by molar-refractivity contribution is 14.0. The van der Waals surface area contributed by atoms with Crippen LogP contribution in [0.4, 0.5) is 0 Å². The zero-order valence-electron chi connectivity index (χ0n) is 15.2. The zero-order valence-corrected chi connectivity index (χ0v) is 19.1. The average Bonchev–Trinajstić information content (AvgIpc) is 2.94. The molecular weight excluding hydrogens is 459 g/mol. The van der Waals surface area contributed by atoms with Crippen LogP contribution in [-0.2, 0) is 16.6 Å². The summed E-state index contributed by atoms with van der Waals surface area (Å²) in [6, 6.07) is 3.77. The molecule has 0 saturated heterocycles. The number of thiophene rings is 1. The largest absolute Gasteiger partial charge is 0.357 e. The van der Waals surface area contributed by atoms with Crippen molar-refractivity contribution < 1.29 is 8.42 Å². The molecule has 0 fully saturated rings. The fourth-order valence-corrected chi connectivity index (χ4v) is 4.07. The molecular formula is C15H29IN4O2S2. The van der Waals surface area contributed by atoms with Gasteiger partial charge in [-0.2, -0.15) is 0 Å². The molecule has 140 valence electrons. The topological polar surface area (TPSA) is 73.8 Å². The lowest BCUT2D eigenvalue weighted by atomic mass is 10.1. The van der Waals surface area contributed by atoms with Gasteiger partial charge in [-0.1, -0.05) is 13.8 Å². The van der Waals surface area contributed by atoms with Crippen molar-refractivity contribution in [3.8, 4) is 0 Å². The third-order valence-corrected chi connectivity index (χ3v) is 6.83. The van der Waals surface area contributed by atoms with Crippen molar-refractivity contribution in [3.05, 3.63) is 17.0 Å². The number of nitrogens with zero attached hydrogens (tertiary/aromatic N) is 2. The van der Waals surface area contributed by atoms with Crippen molar-refractivity contribution in [1.29, 1.82) is 0 Å². The standard InChI is InChI=1S/C15H28N4O2S2.HI/c1-7-16-15(18-12(4)11(2)3)17-10-13-8-9-14(22-13)23(20,21)19(5)6;/h8-9,11-12H,7,10H2,1-6H3,(H2,16,17,18);1H. The van der Waals surface area contributed by atoms with Crippen molar-refractivity contribution in [3.63, 3.8) is 0 Å². The van der Waals surface area contributed by atoms with Crippen LogP contribution in [0.3, 0.4) is 0 Å². The molecule has 6 nitrogen and oxygen atoms in total. The number of sulfonamides is 1. The third-order valence-electron chi connectivity index (χ3n) is 3.47. The second-order valence-electron chi connectivity index (χ2n) is 5.88. The SMILES string of the molecule is CCNC(=NCc1ccc(S(=O)(=O)N(C)C)s1)NC(C)C(C)C.I. The van der Waals surface area contributed by atoms with E-state index in [-0.39, 0.29) is 24.0 Å². The van der Waals surface area contributed by atoms with Crippen molar-refractivity contribution in [2.75, 3.05) is 20.6 Å². The lowest BCUT2D eigenvalue weighted by Crippen LogP contribution is -2.44. The Morgan fingerprint density at radius 2 is 1.92 bits per heavy atom. The van der Waals surface area contributed by atoms with Gasteiger partial charge in [0.25, 0.3) is 10.0 Å². The summed E-state index contributed by atoms with van der Waals surface area (Å²) in [5.74, 6) is 1.25. The molecule has 2 N–H and O–H groups in total. The van der Waals surface area contributed by atoms with E-state index in [0.29, 0.717) is 22.7 Å². The first-order valence-electron chi connectivity index (χ1n) is 7.74. The van der Waals surface area contributed by atoms with Crippen LogP contribution in [-0.4, -0.2) is 45.4 Å². The number of hydrogen-bond acceptors (Lipinski definition) is 4. The molecule has 9 heteroatoms. The number of guanidine groups is 1. The first-order valence-corrected chi connectivity index (χ1v) is 10.00. The summed E-state index contributed by atoms with van der Waals surface area (Å²) in [5.41, 5.74) is 0. The van der Waals surface area contributed by atoms with E-state index in [4.69, 9.17) is 0 Å². The second kappa shape index (κ2) is 10.6. The molecule has 0 aliphatic heterocycles. The maximum Gasteiger partial charge on any atom is 0.252 e. The molecule has 1 atom stereocenters. The molecule has 1 unspecified atom stereocenters. The van der Waals surface area contributed by atoms with Crippen molar-refractivity contribution in [1.82, 2.24) is 14.9 Å². The van der Waals surface area contributed by atoms with E-state index in [0.717, 1.165) is 17.4 Å². The normalized spacial score (nSPS) is 13.8. The number of hydrogen-bond donors (Lipinski definition) is 2. The molecule has 0 saturated carbocycles. The van der Waals surface area contributed by atoms with Crippen LogP contribution in [0.15, 0.2) is 21.3 Å². The lowest BCUT2D eigenvalue weighted by molar-refractivity contribution is 0.481. The predicted molar refractivity (Wildman–Crippen MR) is 113 cm³/mol. The number of rotatable bonds is 7. The molecule has 24 heavy (non-hydrogen) atoms. The van der Waals surface area contributed by atoms with Gasteiger partial charge in [-0.05, 0) is 31.9 Å². The number of aliphatic imine (C=N–C) groups is 1. The van der Waals surface area contributed by atoms with E-state index in [2.05, 4.69) is 36.4 Å². The molecule has 1 aromatic heterocycles. The van der Waals surface area contributed by atoms with Crippen LogP contribution in [0.25, 0.3) is 0 Å². The van der Waals surface area contributed by atoms with Crippen LogP contribution in [0.5, 0.6) is 0 Å². The van der Waals surface area contributed by atoms with Crippen molar-refractivity contribution >= 4 is 51.3 Å². The van der Waals surface area contributed by atoms with Gasteiger partial charge in [0.05, 0.1) is 6.54 Å². The number of halogens is 1. The summed E-state index contributed by atoms with van der Waals surface area (Å²) >= 11 is 1.26. The van der Waals surface area contributed by atoms with Crippen LogP contribution < -0.4 is 10.6 Å². The highest BCUT2D eigenvalue weighted by atomic mass is 127. The van der Waals surface area contributed by atoms with E-state index in [1.807, 2.05) is 13.0 Å². The van der Waals surface area contributed by atoms with Gasteiger partial charge in [0.2, 0.25) is 0 Å². The maximum absolute atomic E-state index is 12.1. The first kappa shape index (κ1) is 23.6. The molecule has 0 spiro atoms. The Hall–Kier alpha value is -0.390. The van der Waals surface area contributed by atoms with E-state index in [1.165, 1.54) is 29.7 Å². The highest BCUT2D eigenvalue weighted by Crippen LogP contribution is 2.24. The Bertz CT molecular complexity index is 627. The predicted octanol–water partition coefficient (Wildman–Crippen LogP) is 2.72. The average molecular weight is 488 g/mol. The van der Waals surface area contributed by atoms with E-state index >= 15 is 0 Å². The molecule has 1 rings (SSSR count). The Balaban J connectivity index is 0.00000529. The first-order chi connectivity index (χ1) is 10.7. The molecule has 0 amide bonds. The fourth-order valence-electron chi connectivity index (χ4n) is 1.62. The lowest BCUT2D eigenvalue weighted by Gasteiger charge is -2.20. The summed E-state index contributed by atoms with van der Waals surface area (Å²) in [4.78, 5) is 5.46. The van der Waals surface area contributed by atoms with E-state index in [9.17, 15) is 8.42 Å². The van der Waals surface area contributed by atoms with Gasteiger partial charge in [0, 0.05) is 31.6 Å². The van der Waals surface area contributed by atoms with Gasteiger partial charge in [-0.25, -0.2) is 17.7 Å². The smallest absolute Gasteiger partial charge is 0.252 e. The maximum atomic E-state index is 12.1. The Labute approximate surface area is 167 Å². The Morgan fingerprint density at radius 1 is 1.29 bits per heavy atom. The highest BCUT2D eigenvalue weighted by Gasteiger charge is 2.19. The van der Waals surface area contributed by atoms with E-state index < -0.39 is 10.0 Å². The monoisotopic (exact) mass is 488 g/mol. The van der Waals surface area contributed by atoms with Gasteiger partial charge >= 0.3 is 0 Å². The summed E-state index contributed by atoms with van der Waals surface area (Å²) in [5, 5.41) is 6.57. The minimum absolute atomic E-state index is 0. The third kappa shape index (κ3) is 6.85. The van der Waals surface area contributed by atoms with Crippen LogP contribution in [0, 0.1) is 5.92 Å². The molecule has 1 aromatic rings. The molecule has 0 aromatic carbocycles. The molecule has 0 radical (unpaired) electrons. The van der Waals surface area contributed by atoms with Crippen LogP contribution in [0.1, 0.15) is 32.6 Å². The molecule has 0 aliphatic carbocycles. The minimum Gasteiger partial charge on any atom is -0.357 e. The summed E-state index contributed by atoms with van der Waals surface area (Å²) in [7, 11) is -0.293. The summed E-state index contributed by atoms with van der Waals surface area (Å²) in [6.07, 6.45) is 0. The van der Waals surface area contributed by atoms with Gasteiger partial charge in [0.1, 0.15) is 4.21 Å². The molecule has 0 bridgehead atoms.